The van der Waals surface area contributed by atoms with Crippen molar-refractivity contribution in [1.29, 1.82) is 0 Å². The van der Waals surface area contributed by atoms with Gasteiger partial charge in [0.1, 0.15) is 12.1 Å². The maximum absolute atomic E-state index is 13.8. The van der Waals surface area contributed by atoms with E-state index < -0.39 is 0 Å². The third-order valence-corrected chi connectivity index (χ3v) is 6.01. The van der Waals surface area contributed by atoms with E-state index in [2.05, 4.69) is 53.4 Å². The first-order valence-corrected chi connectivity index (χ1v) is 10.6. The summed E-state index contributed by atoms with van der Waals surface area (Å²) in [4.78, 5) is 20.1. The number of anilines is 1. The molecule has 6 nitrogen and oxygen atoms in total. The number of carbonyl (C=O) groups excluding carboxylic acids is 1. The zero-order valence-electron chi connectivity index (χ0n) is 18.1. The Morgan fingerprint density at radius 3 is 2.44 bits per heavy atom. The predicted molar refractivity (Wildman–Crippen MR) is 123 cm³/mol. The third kappa shape index (κ3) is 3.54. The van der Waals surface area contributed by atoms with Crippen LogP contribution in [0.3, 0.4) is 0 Å². The topological polar surface area (TPSA) is 60.2 Å². The van der Waals surface area contributed by atoms with Gasteiger partial charge >= 0.3 is 0 Å². The number of hydrogen-bond acceptors (Lipinski definition) is 4. The molecule has 3 aromatic carbocycles. The van der Waals surface area contributed by atoms with E-state index in [1.807, 2.05) is 35.0 Å². The van der Waals surface area contributed by atoms with E-state index in [0.29, 0.717) is 23.7 Å². The quantitative estimate of drug-likeness (QED) is 0.464. The van der Waals surface area contributed by atoms with E-state index in [-0.39, 0.29) is 18.0 Å². The second kappa shape index (κ2) is 8.30. The highest BCUT2D eigenvalue weighted by Crippen LogP contribution is 2.42. The number of aryl methyl sites for hydroxylation is 1. The number of methoxy groups -OCH3 is 1. The molecule has 0 aliphatic carbocycles. The lowest BCUT2D eigenvalue weighted by Crippen LogP contribution is -2.42. The first kappa shape index (κ1) is 20.0. The smallest absolute Gasteiger partial charge is 0.261 e. The SMILES string of the molecule is COc1cccc(C(=O)N2c3ncnn3[C@@H](c3ccc(C)cc3)C[C@H]2c2ccccc2)c1. The first-order valence-electron chi connectivity index (χ1n) is 10.6. The Morgan fingerprint density at radius 1 is 0.938 bits per heavy atom. The summed E-state index contributed by atoms with van der Waals surface area (Å²) in [6, 6.07) is 25.6. The van der Waals surface area contributed by atoms with Gasteiger partial charge in [0.05, 0.1) is 19.2 Å². The number of nitrogens with zero attached hydrogens (tertiary/aromatic N) is 4. The first-order chi connectivity index (χ1) is 15.7. The minimum Gasteiger partial charge on any atom is -0.497 e. The van der Waals surface area contributed by atoms with Gasteiger partial charge in [-0.3, -0.25) is 9.69 Å². The maximum atomic E-state index is 13.8. The molecular weight excluding hydrogens is 400 g/mol. The molecular formula is C26H24N4O2. The van der Waals surface area contributed by atoms with E-state index in [4.69, 9.17) is 4.74 Å². The van der Waals surface area contributed by atoms with Crippen LogP contribution in [0.5, 0.6) is 5.75 Å². The molecule has 32 heavy (non-hydrogen) atoms. The van der Waals surface area contributed by atoms with Crippen LogP contribution in [0.1, 0.15) is 45.6 Å². The Morgan fingerprint density at radius 2 is 1.69 bits per heavy atom. The summed E-state index contributed by atoms with van der Waals surface area (Å²) in [6.45, 7) is 2.08. The van der Waals surface area contributed by atoms with Crippen molar-refractivity contribution < 1.29 is 9.53 Å². The molecule has 1 aliphatic heterocycles. The number of aromatic nitrogens is 3. The van der Waals surface area contributed by atoms with E-state index in [0.717, 1.165) is 11.1 Å². The van der Waals surface area contributed by atoms with E-state index >= 15 is 0 Å². The van der Waals surface area contributed by atoms with Crippen molar-refractivity contribution in [2.45, 2.75) is 25.4 Å². The van der Waals surface area contributed by atoms with Gasteiger partial charge in [-0.15, -0.1) is 0 Å². The number of carbonyl (C=O) groups is 1. The number of hydrogen-bond donors (Lipinski definition) is 0. The van der Waals surface area contributed by atoms with E-state index in [1.165, 1.54) is 11.9 Å². The standard InChI is InChI=1S/C26H24N4O2/c1-18-11-13-20(14-12-18)24-16-23(19-7-4-3-5-8-19)29(26-27-17-28-30(24)26)25(31)21-9-6-10-22(15-21)32-2/h3-15,17,23-24H,16H2,1-2H3/t23-,24+/m0/s1. The molecule has 0 fully saturated rings. The van der Waals surface area contributed by atoms with Crippen molar-refractivity contribution in [2.24, 2.45) is 0 Å². The Labute approximate surface area is 187 Å². The van der Waals surface area contributed by atoms with Crippen LogP contribution in [-0.4, -0.2) is 27.8 Å². The molecule has 1 aliphatic rings. The lowest BCUT2D eigenvalue weighted by Gasteiger charge is -2.39. The van der Waals surface area contributed by atoms with Crippen molar-refractivity contribution in [2.75, 3.05) is 12.0 Å². The van der Waals surface area contributed by atoms with Gasteiger partial charge in [-0.1, -0.05) is 66.2 Å². The molecule has 1 aromatic heterocycles. The largest absolute Gasteiger partial charge is 0.497 e. The summed E-state index contributed by atoms with van der Waals surface area (Å²) in [5.74, 6) is 1.06. The van der Waals surface area contributed by atoms with Crippen molar-refractivity contribution in [1.82, 2.24) is 14.8 Å². The summed E-state index contributed by atoms with van der Waals surface area (Å²) < 4.78 is 7.20. The van der Waals surface area contributed by atoms with Crippen molar-refractivity contribution >= 4 is 11.9 Å². The van der Waals surface area contributed by atoms with Gasteiger partial charge in [0.15, 0.2) is 0 Å². The molecule has 2 heterocycles. The molecule has 4 aromatic rings. The van der Waals surface area contributed by atoms with Crippen molar-refractivity contribution in [3.63, 3.8) is 0 Å². The normalized spacial score (nSPS) is 17.6. The number of rotatable bonds is 4. The van der Waals surface area contributed by atoms with E-state index in [1.54, 1.807) is 24.1 Å². The fraction of sp³-hybridized carbons (Fsp3) is 0.192. The molecule has 5 rings (SSSR count). The fourth-order valence-electron chi connectivity index (χ4n) is 4.35. The molecule has 0 N–H and O–H groups in total. The molecule has 0 unspecified atom stereocenters. The molecule has 160 valence electrons. The molecule has 1 amide bonds. The van der Waals surface area contributed by atoms with Gasteiger partial charge in [-0.2, -0.15) is 10.1 Å². The Bertz CT molecular complexity index is 1230. The zero-order valence-corrected chi connectivity index (χ0v) is 18.1. The average molecular weight is 425 g/mol. The van der Waals surface area contributed by atoms with E-state index in [9.17, 15) is 4.79 Å². The molecule has 6 heteroatoms. The van der Waals surface area contributed by atoms with Gasteiger partial charge < -0.3 is 4.74 Å². The monoisotopic (exact) mass is 424 g/mol. The number of amides is 1. The average Bonchev–Trinajstić information content (AvgIpc) is 3.33. The molecule has 2 atom stereocenters. The fourth-order valence-corrected chi connectivity index (χ4v) is 4.35. The number of benzene rings is 3. The predicted octanol–water partition coefficient (Wildman–Crippen LogP) is 4.98. The maximum Gasteiger partial charge on any atom is 0.261 e. The van der Waals surface area contributed by atoms with Crippen molar-refractivity contribution in [3.05, 3.63) is 107 Å². The summed E-state index contributed by atoms with van der Waals surface area (Å²) in [6.07, 6.45) is 2.22. The molecule has 0 saturated heterocycles. The van der Waals surface area contributed by atoms with Crippen LogP contribution in [0.4, 0.5) is 5.95 Å². The summed E-state index contributed by atoms with van der Waals surface area (Å²) >= 11 is 0. The minimum atomic E-state index is -0.182. The lowest BCUT2D eigenvalue weighted by atomic mass is 9.91. The Hall–Kier alpha value is -3.93. The highest BCUT2D eigenvalue weighted by Gasteiger charge is 2.39. The lowest BCUT2D eigenvalue weighted by molar-refractivity contribution is 0.0963. The zero-order chi connectivity index (χ0) is 22.1. The minimum absolute atomic E-state index is 0.0207. The van der Waals surface area contributed by atoms with Gasteiger partial charge in [0, 0.05) is 5.56 Å². The van der Waals surface area contributed by atoms with Crippen LogP contribution < -0.4 is 9.64 Å². The van der Waals surface area contributed by atoms with Gasteiger partial charge in [-0.05, 0) is 42.7 Å². The molecule has 0 spiro atoms. The third-order valence-electron chi connectivity index (χ3n) is 6.01. The van der Waals surface area contributed by atoms with Crippen LogP contribution in [0.15, 0.2) is 85.2 Å². The number of fused-ring (bicyclic) bond motifs is 1. The Balaban J connectivity index is 1.63. The number of ether oxygens (including phenoxy) is 1. The summed E-state index contributed by atoms with van der Waals surface area (Å²) in [5.41, 5.74) is 3.97. The van der Waals surface area contributed by atoms with Gasteiger partial charge in [0.25, 0.3) is 5.91 Å². The van der Waals surface area contributed by atoms with Gasteiger partial charge in [-0.25, -0.2) is 4.68 Å². The molecule has 0 bridgehead atoms. The molecule has 0 saturated carbocycles. The van der Waals surface area contributed by atoms with Crippen molar-refractivity contribution in [3.8, 4) is 5.75 Å². The second-order valence-corrected chi connectivity index (χ2v) is 8.00. The summed E-state index contributed by atoms with van der Waals surface area (Å²) in [7, 11) is 1.60. The summed E-state index contributed by atoms with van der Waals surface area (Å²) in [5, 5.41) is 4.51. The van der Waals surface area contributed by atoms with Crippen LogP contribution in [0.25, 0.3) is 0 Å². The van der Waals surface area contributed by atoms with Gasteiger partial charge in [0.2, 0.25) is 5.95 Å². The Kier molecular flexibility index (Phi) is 5.19. The van der Waals surface area contributed by atoms with Crippen LogP contribution in [-0.2, 0) is 0 Å². The molecule has 0 radical (unpaired) electrons. The van der Waals surface area contributed by atoms with Crippen LogP contribution in [0, 0.1) is 6.92 Å². The highest BCUT2D eigenvalue weighted by atomic mass is 16.5. The second-order valence-electron chi connectivity index (χ2n) is 8.00. The highest BCUT2D eigenvalue weighted by molar-refractivity contribution is 6.06. The van der Waals surface area contributed by atoms with Crippen LogP contribution in [0.2, 0.25) is 0 Å². The van der Waals surface area contributed by atoms with Crippen LogP contribution >= 0.6 is 0 Å².